The highest BCUT2D eigenvalue weighted by Gasteiger charge is 2.17. The number of anilines is 1. The van der Waals surface area contributed by atoms with Crippen LogP contribution >= 0.6 is 22.6 Å². The highest BCUT2D eigenvalue weighted by molar-refractivity contribution is 14.1. The molecule has 14 heavy (non-hydrogen) atoms. The van der Waals surface area contributed by atoms with Crippen molar-refractivity contribution in [2.24, 2.45) is 5.73 Å². The Morgan fingerprint density at radius 1 is 1.57 bits per heavy atom. The topological polar surface area (TPSA) is 82.0 Å². The lowest BCUT2D eigenvalue weighted by Gasteiger charge is -2.06. The van der Waals surface area contributed by atoms with E-state index in [1.165, 1.54) is 0 Å². The minimum Gasteiger partial charge on any atom is -0.383 e. The van der Waals surface area contributed by atoms with Crippen LogP contribution in [0.3, 0.4) is 0 Å². The van der Waals surface area contributed by atoms with Crippen LogP contribution in [0, 0.1) is 3.57 Å². The van der Waals surface area contributed by atoms with Crippen molar-refractivity contribution in [1.29, 1.82) is 0 Å². The normalized spacial score (nSPS) is 10.6. The molecule has 0 atom stereocenters. The maximum Gasteiger partial charge on any atom is 0.280 e. The zero-order valence-corrected chi connectivity index (χ0v) is 8.96. The van der Waals surface area contributed by atoms with E-state index in [2.05, 4.69) is 4.98 Å². The van der Waals surface area contributed by atoms with Gasteiger partial charge in [0.2, 0.25) is 5.91 Å². The molecule has 0 spiro atoms. The van der Waals surface area contributed by atoms with Gasteiger partial charge in [0.05, 0.1) is 9.13 Å². The van der Waals surface area contributed by atoms with Gasteiger partial charge in [-0.25, -0.2) is 13.8 Å². The number of alkyl halides is 2. The first kappa shape index (κ1) is 11.1. The monoisotopic (exact) mass is 313 g/mol. The van der Waals surface area contributed by atoms with Crippen LogP contribution in [-0.2, 0) is 0 Å². The van der Waals surface area contributed by atoms with Crippen LogP contribution in [0.4, 0.5) is 14.6 Å². The molecule has 0 aromatic carbocycles. The molecule has 0 aliphatic carbocycles. The average molecular weight is 313 g/mol. The molecule has 0 fully saturated rings. The van der Waals surface area contributed by atoms with Gasteiger partial charge in [0.15, 0.2) is 0 Å². The fourth-order valence-electron chi connectivity index (χ4n) is 0.861. The molecule has 0 radical (unpaired) electrons. The molecule has 0 aliphatic rings. The summed E-state index contributed by atoms with van der Waals surface area (Å²) in [7, 11) is 0. The van der Waals surface area contributed by atoms with Gasteiger partial charge >= 0.3 is 0 Å². The molecule has 76 valence electrons. The van der Waals surface area contributed by atoms with Crippen LogP contribution < -0.4 is 11.5 Å². The molecule has 0 saturated carbocycles. The largest absolute Gasteiger partial charge is 0.383 e. The second-order valence-corrected chi connectivity index (χ2v) is 3.54. The van der Waals surface area contributed by atoms with Crippen molar-refractivity contribution in [1.82, 2.24) is 4.98 Å². The SMILES string of the molecule is NC(=O)c1cc(C(F)F)nc(N)c1I. The van der Waals surface area contributed by atoms with E-state index < -0.39 is 18.0 Å². The molecule has 0 bridgehead atoms. The highest BCUT2D eigenvalue weighted by atomic mass is 127. The fourth-order valence-corrected chi connectivity index (χ4v) is 1.40. The van der Waals surface area contributed by atoms with Crippen LogP contribution in [0.25, 0.3) is 0 Å². The molecule has 1 aromatic rings. The number of carbonyl (C=O) groups is 1. The van der Waals surface area contributed by atoms with Crippen molar-refractivity contribution < 1.29 is 13.6 Å². The average Bonchev–Trinajstić information content (AvgIpc) is 2.08. The van der Waals surface area contributed by atoms with Crippen molar-refractivity contribution in [3.63, 3.8) is 0 Å². The summed E-state index contributed by atoms with van der Waals surface area (Å²) in [5, 5.41) is 0. The minimum absolute atomic E-state index is 0.0339. The Balaban J connectivity index is 3.35. The van der Waals surface area contributed by atoms with Crippen molar-refractivity contribution >= 4 is 34.3 Å². The van der Waals surface area contributed by atoms with E-state index in [1.807, 2.05) is 0 Å². The molecule has 1 rings (SSSR count). The number of nitrogen functional groups attached to an aromatic ring is 1. The van der Waals surface area contributed by atoms with Gasteiger partial charge in [0.25, 0.3) is 6.43 Å². The Bertz CT molecular complexity index is 383. The highest BCUT2D eigenvalue weighted by Crippen LogP contribution is 2.24. The van der Waals surface area contributed by atoms with E-state index in [1.54, 1.807) is 22.6 Å². The Hall–Kier alpha value is -0.990. The number of primary amides is 1. The number of hydrogen-bond donors (Lipinski definition) is 2. The summed E-state index contributed by atoms with van der Waals surface area (Å²) in [6.45, 7) is 0. The quantitative estimate of drug-likeness (QED) is 0.808. The van der Waals surface area contributed by atoms with E-state index in [0.29, 0.717) is 3.57 Å². The third-order valence-corrected chi connectivity index (χ3v) is 2.63. The van der Waals surface area contributed by atoms with Gasteiger partial charge in [-0.3, -0.25) is 4.79 Å². The number of nitrogens with zero attached hydrogens (tertiary/aromatic N) is 1. The number of carbonyl (C=O) groups excluding carboxylic acids is 1. The van der Waals surface area contributed by atoms with E-state index in [-0.39, 0.29) is 11.4 Å². The summed E-state index contributed by atoms with van der Waals surface area (Å²) in [4.78, 5) is 14.3. The molecule has 0 aliphatic heterocycles. The van der Waals surface area contributed by atoms with Crippen molar-refractivity contribution in [3.05, 3.63) is 20.9 Å². The first-order chi connectivity index (χ1) is 6.43. The van der Waals surface area contributed by atoms with Gasteiger partial charge in [-0.2, -0.15) is 0 Å². The van der Waals surface area contributed by atoms with Crippen LogP contribution in [0.15, 0.2) is 6.07 Å². The summed E-state index contributed by atoms with van der Waals surface area (Å²) in [6, 6.07) is 0.950. The van der Waals surface area contributed by atoms with Gasteiger partial charge in [-0.15, -0.1) is 0 Å². The molecule has 1 aromatic heterocycles. The molecule has 4 nitrogen and oxygen atoms in total. The van der Waals surface area contributed by atoms with E-state index in [9.17, 15) is 13.6 Å². The standard InChI is InChI=1S/C7H6F2IN3O/c8-5(9)3-1-2(7(12)14)4(10)6(11)13-3/h1,5H,(H2,11,13)(H2,12,14). The van der Waals surface area contributed by atoms with Crippen molar-refractivity contribution in [3.8, 4) is 0 Å². The molecular weight excluding hydrogens is 307 g/mol. The van der Waals surface area contributed by atoms with Crippen LogP contribution in [0.2, 0.25) is 0 Å². The third kappa shape index (κ3) is 2.08. The van der Waals surface area contributed by atoms with Gasteiger partial charge < -0.3 is 11.5 Å². The lowest BCUT2D eigenvalue weighted by atomic mass is 10.2. The number of nitrogens with two attached hydrogens (primary N) is 2. The maximum absolute atomic E-state index is 12.2. The van der Waals surface area contributed by atoms with Gasteiger partial charge in [0.1, 0.15) is 11.5 Å². The Kier molecular flexibility index (Phi) is 3.19. The lowest BCUT2D eigenvalue weighted by Crippen LogP contribution is -2.15. The van der Waals surface area contributed by atoms with Gasteiger partial charge in [-0.1, -0.05) is 0 Å². The molecule has 0 saturated heterocycles. The Morgan fingerprint density at radius 3 is 2.57 bits per heavy atom. The smallest absolute Gasteiger partial charge is 0.280 e. The van der Waals surface area contributed by atoms with Crippen LogP contribution in [0.1, 0.15) is 22.5 Å². The van der Waals surface area contributed by atoms with Crippen LogP contribution in [-0.4, -0.2) is 10.9 Å². The first-order valence-corrected chi connectivity index (χ1v) is 4.55. The lowest BCUT2D eigenvalue weighted by molar-refractivity contribution is 0.0998. The number of amides is 1. The Labute approximate surface area is 91.8 Å². The second kappa shape index (κ2) is 4.03. The summed E-state index contributed by atoms with van der Waals surface area (Å²) < 4.78 is 24.8. The fraction of sp³-hybridized carbons (Fsp3) is 0.143. The van der Waals surface area contributed by atoms with E-state index in [0.717, 1.165) is 6.07 Å². The predicted molar refractivity (Wildman–Crippen MR) is 54.8 cm³/mol. The summed E-state index contributed by atoms with van der Waals surface area (Å²) in [5.41, 5.74) is 9.74. The molecule has 4 N–H and O–H groups in total. The second-order valence-electron chi connectivity index (χ2n) is 2.46. The molecule has 1 amide bonds. The van der Waals surface area contributed by atoms with Crippen molar-refractivity contribution in [2.75, 3.05) is 5.73 Å². The molecular formula is C7H6F2IN3O. The minimum atomic E-state index is -2.77. The zero-order chi connectivity index (χ0) is 10.9. The predicted octanol–water partition coefficient (Wildman–Crippen LogP) is 1.30. The number of aromatic nitrogens is 1. The zero-order valence-electron chi connectivity index (χ0n) is 6.80. The molecule has 1 heterocycles. The number of rotatable bonds is 2. The summed E-state index contributed by atoms with van der Waals surface area (Å²) in [5.74, 6) is -0.914. The number of pyridine rings is 1. The maximum atomic E-state index is 12.2. The Morgan fingerprint density at radius 2 is 2.14 bits per heavy atom. The third-order valence-electron chi connectivity index (χ3n) is 1.49. The van der Waals surface area contributed by atoms with Gasteiger partial charge in [-0.05, 0) is 28.7 Å². The van der Waals surface area contributed by atoms with Crippen LogP contribution in [0.5, 0.6) is 0 Å². The van der Waals surface area contributed by atoms with Crippen molar-refractivity contribution in [2.45, 2.75) is 6.43 Å². The number of halogens is 3. The molecule has 0 unspecified atom stereocenters. The molecule has 7 heteroatoms. The van der Waals surface area contributed by atoms with Gasteiger partial charge in [0, 0.05) is 0 Å². The first-order valence-electron chi connectivity index (χ1n) is 3.47. The summed E-state index contributed by atoms with van der Waals surface area (Å²) in [6.07, 6.45) is -2.77. The number of hydrogen-bond acceptors (Lipinski definition) is 3. The summed E-state index contributed by atoms with van der Waals surface area (Å²) >= 11 is 1.73. The van der Waals surface area contributed by atoms with E-state index in [4.69, 9.17) is 11.5 Å². The van der Waals surface area contributed by atoms with E-state index >= 15 is 0 Å².